The number of nitrogens with two attached hydrogens (primary N) is 1. The van der Waals surface area contributed by atoms with Crippen LogP contribution in [0.1, 0.15) is 43.0 Å². The summed E-state index contributed by atoms with van der Waals surface area (Å²) in [6, 6.07) is 7.54. The summed E-state index contributed by atoms with van der Waals surface area (Å²) in [4.78, 5) is 12.5. The van der Waals surface area contributed by atoms with E-state index in [4.69, 9.17) is 10.5 Å². The van der Waals surface area contributed by atoms with Crippen molar-refractivity contribution >= 4 is 5.78 Å². The van der Waals surface area contributed by atoms with E-state index < -0.39 is 0 Å². The van der Waals surface area contributed by atoms with Crippen LogP contribution < -0.4 is 10.5 Å². The molecule has 1 saturated carbocycles. The average molecular weight is 261 g/mol. The van der Waals surface area contributed by atoms with E-state index in [0.29, 0.717) is 12.5 Å². The molecule has 1 aromatic carbocycles. The first kappa shape index (κ1) is 14.1. The number of ketones is 1. The van der Waals surface area contributed by atoms with Gasteiger partial charge in [0.05, 0.1) is 6.61 Å². The van der Waals surface area contributed by atoms with Crippen LogP contribution in [-0.4, -0.2) is 18.9 Å². The van der Waals surface area contributed by atoms with Gasteiger partial charge >= 0.3 is 0 Å². The molecule has 0 atom stereocenters. The number of rotatable bonds is 5. The molecule has 0 spiro atoms. The highest BCUT2D eigenvalue weighted by Crippen LogP contribution is 2.31. The Kier molecular flexibility index (Phi) is 4.97. The van der Waals surface area contributed by atoms with E-state index in [1.54, 1.807) is 0 Å². The van der Waals surface area contributed by atoms with Crippen molar-refractivity contribution in [3.63, 3.8) is 0 Å². The molecule has 1 aliphatic rings. The van der Waals surface area contributed by atoms with Crippen molar-refractivity contribution in [2.75, 3.05) is 13.2 Å². The zero-order chi connectivity index (χ0) is 13.7. The van der Waals surface area contributed by atoms with Gasteiger partial charge in [0.25, 0.3) is 0 Å². The van der Waals surface area contributed by atoms with Gasteiger partial charge in [-0.2, -0.15) is 0 Å². The molecule has 19 heavy (non-hydrogen) atoms. The predicted octanol–water partition coefficient (Wildman–Crippen LogP) is 3.03. The standard InChI is InChI=1S/C16H23NO2/c1-2-19-15-5-3-4-14(10-15)16(18)13-8-6-12(11-17)7-9-13/h3-5,10,12-13H,2,6-9,11,17H2,1H3. The summed E-state index contributed by atoms with van der Waals surface area (Å²) >= 11 is 0. The quantitative estimate of drug-likeness (QED) is 0.829. The molecule has 0 unspecified atom stereocenters. The van der Waals surface area contributed by atoms with E-state index in [1.807, 2.05) is 31.2 Å². The van der Waals surface area contributed by atoms with Crippen molar-refractivity contribution in [1.82, 2.24) is 0 Å². The van der Waals surface area contributed by atoms with E-state index in [2.05, 4.69) is 0 Å². The molecule has 3 nitrogen and oxygen atoms in total. The molecule has 0 radical (unpaired) electrons. The zero-order valence-electron chi connectivity index (χ0n) is 11.6. The summed E-state index contributed by atoms with van der Waals surface area (Å²) in [5.41, 5.74) is 6.47. The van der Waals surface area contributed by atoms with Crippen LogP contribution >= 0.6 is 0 Å². The maximum atomic E-state index is 12.5. The summed E-state index contributed by atoms with van der Waals surface area (Å²) in [5, 5.41) is 0. The molecular weight excluding hydrogens is 238 g/mol. The van der Waals surface area contributed by atoms with Gasteiger partial charge in [-0.05, 0) is 57.2 Å². The summed E-state index contributed by atoms with van der Waals surface area (Å²) in [7, 11) is 0. The molecule has 1 aromatic rings. The van der Waals surface area contributed by atoms with Crippen molar-refractivity contribution in [3.8, 4) is 5.75 Å². The third-order valence-electron chi connectivity index (χ3n) is 3.98. The van der Waals surface area contributed by atoms with Crippen LogP contribution in [0.25, 0.3) is 0 Å². The van der Waals surface area contributed by atoms with Crippen LogP contribution in [0.15, 0.2) is 24.3 Å². The Bertz CT molecular complexity index is 423. The van der Waals surface area contributed by atoms with E-state index in [1.165, 1.54) is 0 Å². The monoisotopic (exact) mass is 261 g/mol. The Morgan fingerprint density at radius 2 is 2.05 bits per heavy atom. The summed E-state index contributed by atoms with van der Waals surface area (Å²) in [5.74, 6) is 1.82. The Morgan fingerprint density at radius 1 is 1.32 bits per heavy atom. The van der Waals surface area contributed by atoms with Gasteiger partial charge in [-0.3, -0.25) is 4.79 Å². The number of hydrogen-bond acceptors (Lipinski definition) is 3. The molecule has 2 rings (SSSR count). The minimum atomic E-state index is 0.166. The second-order valence-electron chi connectivity index (χ2n) is 5.28. The van der Waals surface area contributed by atoms with E-state index in [0.717, 1.165) is 43.5 Å². The first-order chi connectivity index (χ1) is 9.24. The highest BCUT2D eigenvalue weighted by molar-refractivity contribution is 5.98. The van der Waals surface area contributed by atoms with Gasteiger partial charge < -0.3 is 10.5 Å². The third kappa shape index (κ3) is 3.57. The number of benzene rings is 1. The van der Waals surface area contributed by atoms with Crippen LogP contribution in [0, 0.1) is 11.8 Å². The zero-order valence-corrected chi connectivity index (χ0v) is 11.6. The van der Waals surface area contributed by atoms with Gasteiger partial charge in [0.2, 0.25) is 0 Å². The van der Waals surface area contributed by atoms with Crippen LogP contribution in [0.4, 0.5) is 0 Å². The second kappa shape index (κ2) is 6.71. The van der Waals surface area contributed by atoms with Crippen molar-refractivity contribution in [2.24, 2.45) is 17.6 Å². The molecule has 0 amide bonds. The summed E-state index contributed by atoms with van der Waals surface area (Å²) in [6.45, 7) is 3.32. The predicted molar refractivity (Wildman–Crippen MR) is 76.4 cm³/mol. The maximum Gasteiger partial charge on any atom is 0.166 e. The van der Waals surface area contributed by atoms with Crippen molar-refractivity contribution in [1.29, 1.82) is 0 Å². The molecule has 0 aromatic heterocycles. The Morgan fingerprint density at radius 3 is 2.68 bits per heavy atom. The molecule has 0 bridgehead atoms. The van der Waals surface area contributed by atoms with Crippen LogP contribution in [0.3, 0.4) is 0 Å². The fraction of sp³-hybridized carbons (Fsp3) is 0.562. The van der Waals surface area contributed by atoms with Gasteiger partial charge in [-0.25, -0.2) is 0 Å². The fourth-order valence-electron chi connectivity index (χ4n) is 2.80. The highest BCUT2D eigenvalue weighted by atomic mass is 16.5. The molecule has 0 aliphatic heterocycles. The first-order valence-corrected chi connectivity index (χ1v) is 7.21. The number of Topliss-reactive ketones (excluding diaryl/α,β-unsaturated/α-hetero) is 1. The lowest BCUT2D eigenvalue weighted by Gasteiger charge is -2.26. The van der Waals surface area contributed by atoms with Gasteiger partial charge in [-0.1, -0.05) is 12.1 Å². The van der Waals surface area contributed by atoms with Gasteiger partial charge in [0.1, 0.15) is 5.75 Å². The summed E-state index contributed by atoms with van der Waals surface area (Å²) < 4.78 is 5.45. The van der Waals surface area contributed by atoms with E-state index >= 15 is 0 Å². The third-order valence-corrected chi connectivity index (χ3v) is 3.98. The average Bonchev–Trinajstić information content (AvgIpc) is 2.47. The van der Waals surface area contributed by atoms with Gasteiger partial charge in [0, 0.05) is 11.5 Å². The van der Waals surface area contributed by atoms with Crippen LogP contribution in [-0.2, 0) is 0 Å². The van der Waals surface area contributed by atoms with Crippen LogP contribution in [0.2, 0.25) is 0 Å². The molecule has 1 fully saturated rings. The van der Waals surface area contributed by atoms with Crippen molar-refractivity contribution in [2.45, 2.75) is 32.6 Å². The van der Waals surface area contributed by atoms with E-state index in [-0.39, 0.29) is 11.7 Å². The first-order valence-electron chi connectivity index (χ1n) is 7.21. The van der Waals surface area contributed by atoms with Crippen LogP contribution in [0.5, 0.6) is 5.75 Å². The smallest absolute Gasteiger partial charge is 0.166 e. The minimum absolute atomic E-state index is 0.166. The largest absolute Gasteiger partial charge is 0.494 e. The number of ether oxygens (including phenoxy) is 1. The van der Waals surface area contributed by atoms with Gasteiger partial charge in [-0.15, -0.1) is 0 Å². The number of carbonyl (C=O) groups is 1. The van der Waals surface area contributed by atoms with Crippen molar-refractivity contribution in [3.05, 3.63) is 29.8 Å². The Labute approximate surface area is 115 Å². The normalized spacial score (nSPS) is 23.1. The van der Waals surface area contributed by atoms with Gasteiger partial charge in [0.15, 0.2) is 5.78 Å². The highest BCUT2D eigenvalue weighted by Gasteiger charge is 2.26. The summed E-state index contributed by atoms with van der Waals surface area (Å²) in [6.07, 6.45) is 4.11. The molecule has 3 heteroatoms. The topological polar surface area (TPSA) is 52.3 Å². The van der Waals surface area contributed by atoms with Crippen molar-refractivity contribution < 1.29 is 9.53 Å². The lowest BCUT2D eigenvalue weighted by atomic mass is 9.78. The second-order valence-corrected chi connectivity index (χ2v) is 5.28. The molecule has 0 saturated heterocycles. The SMILES string of the molecule is CCOc1cccc(C(=O)C2CCC(CN)CC2)c1. The lowest BCUT2D eigenvalue weighted by Crippen LogP contribution is -2.25. The molecule has 1 aliphatic carbocycles. The Balaban J connectivity index is 2.01. The van der Waals surface area contributed by atoms with E-state index in [9.17, 15) is 4.79 Å². The number of hydrogen-bond donors (Lipinski definition) is 1. The Hall–Kier alpha value is -1.35. The lowest BCUT2D eigenvalue weighted by molar-refractivity contribution is 0.0873. The molecule has 2 N–H and O–H groups in total. The molecular formula is C16H23NO2. The number of carbonyl (C=O) groups excluding carboxylic acids is 1. The molecule has 104 valence electrons. The maximum absolute atomic E-state index is 12.5. The minimum Gasteiger partial charge on any atom is -0.494 e. The fourth-order valence-corrected chi connectivity index (χ4v) is 2.80. The molecule has 0 heterocycles.